The average molecular weight is 1050 g/mol. The Kier molecular flexibility index (Phi) is 24.6. The Bertz CT molecular complexity index is 1890. The molecule has 1 aromatic carbocycles. The maximum Gasteiger partial charge on any atom is 3.00 e. The van der Waals surface area contributed by atoms with Gasteiger partial charge in [-0.3, -0.25) is 15.3 Å². The number of aliphatic hydroxyl groups excluding tert-OH is 2. The number of hydrogen-bond donors (Lipinski definition) is 3. The van der Waals surface area contributed by atoms with Crippen LogP contribution in [0.2, 0.25) is 0 Å². The monoisotopic (exact) mass is 1050 g/mol. The number of aliphatic imine (C=N–C) groups is 4. The zero-order chi connectivity index (χ0) is 44.8. The molecule has 0 saturated carbocycles. The van der Waals surface area contributed by atoms with Gasteiger partial charge in [0.2, 0.25) is 0 Å². The third kappa shape index (κ3) is 15.4. The minimum atomic E-state index is 0. The molecule has 6 bridgehead atoms. The van der Waals surface area contributed by atoms with Gasteiger partial charge >= 0.3 is 36.9 Å². The summed E-state index contributed by atoms with van der Waals surface area (Å²) in [6.45, 7) is 13.6. The van der Waals surface area contributed by atoms with E-state index in [-0.39, 0.29) is 63.3 Å². The molecule has 0 spiro atoms. The molecule has 64 heavy (non-hydrogen) atoms. The van der Waals surface area contributed by atoms with E-state index < -0.39 is 0 Å². The number of methoxy groups -OCH3 is 2. The number of quaternary nitrogens is 1. The topological polar surface area (TPSA) is 180 Å². The number of hydrogen-bond acceptors (Lipinski definition) is 14. The van der Waals surface area contributed by atoms with E-state index in [9.17, 15) is 10.2 Å². The van der Waals surface area contributed by atoms with E-state index in [1.54, 1.807) is 26.6 Å². The summed E-state index contributed by atoms with van der Waals surface area (Å²) in [7, 11) is 3.28. The van der Waals surface area contributed by atoms with Crippen LogP contribution in [0.4, 0.5) is 11.4 Å². The van der Waals surface area contributed by atoms with Crippen LogP contribution in [0.25, 0.3) is 0 Å². The molecule has 4 heterocycles. The van der Waals surface area contributed by atoms with Crippen molar-refractivity contribution in [3.8, 4) is 11.5 Å². The number of ether oxygens (including phenoxy) is 8. The second kappa shape index (κ2) is 29.5. The van der Waals surface area contributed by atoms with Crippen molar-refractivity contribution in [1.29, 1.82) is 0 Å². The van der Waals surface area contributed by atoms with Crippen LogP contribution >= 0.6 is 0 Å². The maximum absolute atomic E-state index is 9.86. The fraction of sp³-hybridized carbons (Fsp3) is 0.542. The van der Waals surface area contributed by atoms with Crippen molar-refractivity contribution in [3.63, 3.8) is 0 Å². The van der Waals surface area contributed by atoms with Crippen LogP contribution in [0.1, 0.15) is 66.2 Å². The van der Waals surface area contributed by atoms with E-state index in [1.165, 1.54) is 11.1 Å². The van der Waals surface area contributed by atoms with Crippen LogP contribution in [-0.4, -0.2) is 141 Å². The predicted molar refractivity (Wildman–Crippen MR) is 246 cm³/mol. The average Bonchev–Trinajstić information content (AvgIpc) is 3.89. The molecule has 0 saturated heterocycles. The maximum atomic E-state index is 9.86. The zero-order valence-electron chi connectivity index (χ0n) is 38.4. The van der Waals surface area contributed by atoms with Gasteiger partial charge in [-0.05, 0) is 74.7 Å². The Morgan fingerprint density at radius 3 is 1.27 bits per heavy atom. The smallest absolute Gasteiger partial charge is 0.487 e. The summed E-state index contributed by atoms with van der Waals surface area (Å²) in [4.78, 5) is 20.4. The summed E-state index contributed by atoms with van der Waals surface area (Å²) in [5, 5.41) is 22.0. The van der Waals surface area contributed by atoms with Gasteiger partial charge in [-0.15, -0.1) is 0 Å². The van der Waals surface area contributed by atoms with E-state index in [0.29, 0.717) is 115 Å². The van der Waals surface area contributed by atoms with Crippen molar-refractivity contribution < 1.29 is 90.3 Å². The van der Waals surface area contributed by atoms with Gasteiger partial charge in [-0.2, -0.15) is 0 Å². The molecule has 0 unspecified atom stereocenters. The molecule has 356 valence electrons. The number of nitrogens with zero attached hydrogens (tertiary/aromatic N) is 4. The Morgan fingerprint density at radius 1 is 0.531 bits per heavy atom. The van der Waals surface area contributed by atoms with Gasteiger partial charge in [0, 0.05) is 62.9 Å². The number of aliphatic hydroxyl groups is 2. The van der Waals surface area contributed by atoms with Crippen LogP contribution in [-0.2, 0) is 28.4 Å². The van der Waals surface area contributed by atoms with E-state index >= 15 is 0 Å². The third-order valence-electron chi connectivity index (χ3n) is 10.9. The molecule has 16 heteroatoms. The molecular weight excluding hydrogens is 982 g/mol. The van der Waals surface area contributed by atoms with Crippen molar-refractivity contribution in [1.82, 2.24) is 0 Å². The van der Waals surface area contributed by atoms with Crippen molar-refractivity contribution in [2.75, 3.05) is 107 Å². The van der Waals surface area contributed by atoms with Crippen molar-refractivity contribution in [3.05, 3.63) is 80.5 Å². The number of rotatable bonds is 28. The van der Waals surface area contributed by atoms with Gasteiger partial charge in [-0.1, -0.05) is 13.8 Å². The fourth-order valence-electron chi connectivity index (χ4n) is 7.55. The molecule has 0 amide bonds. The molecule has 0 aliphatic carbocycles. The van der Waals surface area contributed by atoms with E-state index in [2.05, 4.69) is 45.2 Å². The van der Waals surface area contributed by atoms with Gasteiger partial charge in [0.1, 0.15) is 24.6 Å². The normalized spacial score (nSPS) is 16.0. The van der Waals surface area contributed by atoms with Crippen LogP contribution in [0, 0.1) is 36.9 Å². The van der Waals surface area contributed by atoms with Crippen LogP contribution in [0.15, 0.2) is 100 Å². The van der Waals surface area contributed by atoms with Crippen molar-refractivity contribution >= 4 is 35.2 Å². The first-order chi connectivity index (χ1) is 30.9. The molecule has 0 aromatic heterocycles. The standard InChI is InChI=1S/C48H67N5O10.Lu/c1-7-35-36(8-2)40-28-42-38(12-10-14-55)34(4)46(53-42)32-50-44-30-48(63-26-24-61-22-20-59-18-16-57-6)47(62-25-23-60-21-19-58-17-15-56-5)29-43(44)49-31-45-33(3)37(11-9-13-54)41(52-45)27-39(35)51-40;/h27-32,51,54-55H,7-26H2,1-6H3;/q;+3/p+1. The number of fused-ring (bicyclic) bond motifs is 5. The van der Waals surface area contributed by atoms with Gasteiger partial charge in [0.25, 0.3) is 0 Å². The van der Waals surface area contributed by atoms with Crippen LogP contribution in [0.5, 0.6) is 11.5 Å². The summed E-state index contributed by atoms with van der Waals surface area (Å²) in [6, 6.07) is 3.65. The quantitative estimate of drug-likeness (QED) is 0.0846. The molecule has 0 radical (unpaired) electrons. The fourth-order valence-corrected chi connectivity index (χ4v) is 7.55. The molecule has 15 nitrogen and oxygen atoms in total. The van der Waals surface area contributed by atoms with E-state index in [1.807, 2.05) is 12.1 Å². The molecular formula is C48H68LuN5O10+4. The van der Waals surface area contributed by atoms with Gasteiger partial charge in [0.05, 0.1) is 113 Å². The minimum absolute atomic E-state index is 0. The van der Waals surface area contributed by atoms with Crippen molar-refractivity contribution in [2.45, 2.75) is 66.2 Å². The zero-order valence-corrected chi connectivity index (χ0v) is 40.0. The molecule has 0 fully saturated rings. The summed E-state index contributed by atoms with van der Waals surface area (Å²) in [5.41, 5.74) is 13.3. The summed E-state index contributed by atoms with van der Waals surface area (Å²) >= 11 is 0. The first-order valence-electron chi connectivity index (χ1n) is 22.2. The SMILES string of the molecule is CCC1=C2C=C3N=C(C=Nc4cc(OCCOCCOCCOC)c(OCCOCCOCCOC)cc4N=CC4=NC(=CC(=C1CC)[NH2+]2)C(CCCO)=C4C)C(C)=C3CCCO.[Lu+3]. The van der Waals surface area contributed by atoms with Crippen LogP contribution < -0.4 is 14.8 Å². The van der Waals surface area contributed by atoms with Crippen LogP contribution in [0.3, 0.4) is 0 Å². The van der Waals surface area contributed by atoms with Gasteiger partial charge < -0.3 is 48.1 Å². The van der Waals surface area contributed by atoms with Crippen molar-refractivity contribution in [2.24, 2.45) is 20.0 Å². The molecule has 4 aliphatic rings. The Hall–Kier alpha value is -3.19. The van der Waals surface area contributed by atoms with E-state index in [0.717, 1.165) is 69.3 Å². The van der Waals surface area contributed by atoms with E-state index in [4.69, 9.17) is 57.9 Å². The van der Waals surface area contributed by atoms with Gasteiger partial charge in [-0.25, -0.2) is 9.98 Å². The second-order valence-corrected chi connectivity index (χ2v) is 15.1. The molecule has 4 aliphatic heterocycles. The number of nitrogens with two attached hydrogens (primary N) is 1. The summed E-state index contributed by atoms with van der Waals surface area (Å²) in [5.74, 6) is 0.937. The largest absolute Gasteiger partial charge is 3.00 e. The first kappa shape index (κ1) is 53.4. The Labute approximate surface area is 408 Å². The second-order valence-electron chi connectivity index (χ2n) is 15.1. The molecule has 0 atom stereocenters. The molecule has 4 N–H and O–H groups in total. The third-order valence-corrected chi connectivity index (χ3v) is 10.9. The first-order valence-corrected chi connectivity index (χ1v) is 22.2. The minimum Gasteiger partial charge on any atom is -0.487 e. The number of benzene rings is 1. The summed E-state index contributed by atoms with van der Waals surface area (Å²) in [6.07, 6.45) is 12.2. The Balaban J connectivity index is 0.00000898. The summed E-state index contributed by atoms with van der Waals surface area (Å²) < 4.78 is 45.3. The number of allylic oxidation sites excluding steroid dienone is 8. The molecule has 1 aromatic rings. The molecule has 5 rings (SSSR count). The predicted octanol–water partition coefficient (Wildman–Crippen LogP) is 5.98. The Morgan fingerprint density at radius 2 is 0.906 bits per heavy atom. The van der Waals surface area contributed by atoms with Gasteiger partial charge in [0.15, 0.2) is 11.5 Å².